The van der Waals surface area contributed by atoms with Gasteiger partial charge in [0, 0.05) is 11.1 Å². The highest BCUT2D eigenvalue weighted by molar-refractivity contribution is 7.92. The van der Waals surface area contributed by atoms with E-state index in [-0.39, 0.29) is 16.3 Å². The molecule has 4 rings (SSSR count). The minimum Gasteiger partial charge on any atom is -0.493 e. The second kappa shape index (κ2) is 12.2. The van der Waals surface area contributed by atoms with Crippen LogP contribution in [0.3, 0.4) is 0 Å². The van der Waals surface area contributed by atoms with Crippen LogP contribution in [0, 0.1) is 6.92 Å². The molecule has 39 heavy (non-hydrogen) atoms. The van der Waals surface area contributed by atoms with Gasteiger partial charge in [-0.2, -0.15) is 0 Å². The van der Waals surface area contributed by atoms with Crippen LogP contribution >= 0.6 is 11.6 Å². The van der Waals surface area contributed by atoms with E-state index in [4.69, 9.17) is 21.1 Å². The first-order valence-corrected chi connectivity index (χ1v) is 14.0. The van der Waals surface area contributed by atoms with Crippen molar-refractivity contribution in [3.63, 3.8) is 0 Å². The number of aryl methyl sites for hydroxylation is 1. The molecule has 1 N–H and O–H groups in total. The number of anilines is 1. The van der Waals surface area contributed by atoms with E-state index in [1.54, 1.807) is 24.3 Å². The molecular formula is C30H29ClN2O5S. The number of ether oxygens (including phenoxy) is 2. The number of sulfonamides is 1. The highest BCUT2D eigenvalue weighted by Crippen LogP contribution is 2.33. The highest BCUT2D eigenvalue weighted by Gasteiger charge is 2.29. The van der Waals surface area contributed by atoms with Gasteiger partial charge >= 0.3 is 0 Å². The molecule has 0 fully saturated rings. The highest BCUT2D eigenvalue weighted by atomic mass is 35.5. The number of rotatable bonds is 10. The maximum absolute atomic E-state index is 13.9. The van der Waals surface area contributed by atoms with Gasteiger partial charge in [-0.25, -0.2) is 8.42 Å². The van der Waals surface area contributed by atoms with Crippen molar-refractivity contribution in [2.45, 2.75) is 17.9 Å². The van der Waals surface area contributed by atoms with Crippen LogP contribution in [0.2, 0.25) is 5.02 Å². The zero-order valence-electron chi connectivity index (χ0n) is 21.8. The minimum atomic E-state index is -4.20. The van der Waals surface area contributed by atoms with E-state index >= 15 is 0 Å². The Morgan fingerprint density at radius 2 is 1.51 bits per heavy atom. The van der Waals surface area contributed by atoms with Crippen molar-refractivity contribution in [2.75, 3.05) is 25.1 Å². The van der Waals surface area contributed by atoms with E-state index in [2.05, 4.69) is 5.32 Å². The summed E-state index contributed by atoms with van der Waals surface area (Å²) in [6.45, 7) is 1.51. The summed E-state index contributed by atoms with van der Waals surface area (Å²) in [7, 11) is -1.31. The summed E-state index contributed by atoms with van der Waals surface area (Å²) in [6.07, 6.45) is 0. The molecule has 0 saturated heterocycles. The molecular weight excluding hydrogens is 536 g/mol. The average Bonchev–Trinajstić information content (AvgIpc) is 2.95. The Kier molecular flexibility index (Phi) is 8.79. The van der Waals surface area contributed by atoms with Crippen LogP contribution in [0.25, 0.3) is 0 Å². The molecule has 0 saturated carbocycles. The standard InChI is InChI=1S/C30H29ClN2O5S/c1-21-9-7-8-12-26(21)30(22-10-5-4-6-11-22)32-29(34)20-33(24-15-13-23(31)14-16-24)39(35,36)25-17-18-27(37-2)28(19-25)38-3/h4-19,30H,20H2,1-3H3,(H,32,34)/t30-/m1/s1. The number of nitrogens with zero attached hydrogens (tertiary/aromatic N) is 1. The van der Waals surface area contributed by atoms with Gasteiger partial charge in [-0.3, -0.25) is 9.10 Å². The summed E-state index contributed by atoms with van der Waals surface area (Å²) in [5.74, 6) is 0.157. The fraction of sp³-hybridized carbons (Fsp3) is 0.167. The summed E-state index contributed by atoms with van der Waals surface area (Å²) in [4.78, 5) is 13.5. The molecule has 0 spiro atoms. The van der Waals surface area contributed by atoms with Crippen molar-refractivity contribution in [1.82, 2.24) is 5.32 Å². The van der Waals surface area contributed by atoms with Crippen LogP contribution < -0.4 is 19.1 Å². The van der Waals surface area contributed by atoms with Gasteiger partial charge in [0.05, 0.1) is 30.8 Å². The molecule has 4 aromatic rings. The summed E-state index contributed by atoms with van der Waals surface area (Å²) in [5, 5.41) is 3.49. The predicted molar refractivity (Wildman–Crippen MR) is 153 cm³/mol. The molecule has 0 unspecified atom stereocenters. The Morgan fingerprint density at radius 1 is 0.872 bits per heavy atom. The van der Waals surface area contributed by atoms with E-state index in [1.165, 1.54) is 32.4 Å². The lowest BCUT2D eigenvalue weighted by atomic mass is 9.95. The van der Waals surface area contributed by atoms with Crippen molar-refractivity contribution >= 4 is 33.2 Å². The van der Waals surface area contributed by atoms with E-state index in [0.717, 1.165) is 21.0 Å². The number of hydrogen-bond acceptors (Lipinski definition) is 5. The number of carbonyl (C=O) groups is 1. The molecule has 0 aliphatic rings. The number of amides is 1. The number of halogens is 1. The molecule has 0 radical (unpaired) electrons. The quantitative estimate of drug-likeness (QED) is 0.264. The summed E-state index contributed by atoms with van der Waals surface area (Å²) in [5.41, 5.74) is 3.08. The molecule has 0 aliphatic carbocycles. The van der Waals surface area contributed by atoms with Gasteiger partial charge in [0.25, 0.3) is 10.0 Å². The van der Waals surface area contributed by atoms with E-state index < -0.39 is 28.5 Å². The molecule has 0 aromatic heterocycles. The van der Waals surface area contributed by atoms with Crippen LogP contribution in [-0.4, -0.2) is 35.1 Å². The second-order valence-corrected chi connectivity index (χ2v) is 11.1. The van der Waals surface area contributed by atoms with Gasteiger partial charge in [-0.1, -0.05) is 66.2 Å². The zero-order chi connectivity index (χ0) is 28.0. The van der Waals surface area contributed by atoms with E-state index in [0.29, 0.717) is 10.8 Å². The predicted octanol–water partition coefficient (Wildman–Crippen LogP) is 5.77. The van der Waals surface area contributed by atoms with Gasteiger partial charge in [-0.05, 0) is 60.0 Å². The third-order valence-corrected chi connectivity index (χ3v) is 8.30. The average molecular weight is 565 g/mol. The van der Waals surface area contributed by atoms with E-state index in [1.807, 2.05) is 61.5 Å². The van der Waals surface area contributed by atoms with Crippen LogP contribution in [0.15, 0.2) is 102 Å². The van der Waals surface area contributed by atoms with Crippen molar-refractivity contribution in [1.29, 1.82) is 0 Å². The van der Waals surface area contributed by atoms with Crippen LogP contribution in [-0.2, 0) is 14.8 Å². The summed E-state index contributed by atoms with van der Waals surface area (Å²) in [6, 6.07) is 27.4. The van der Waals surface area contributed by atoms with Crippen LogP contribution in [0.1, 0.15) is 22.7 Å². The van der Waals surface area contributed by atoms with Crippen LogP contribution in [0.4, 0.5) is 5.69 Å². The molecule has 202 valence electrons. The molecule has 0 heterocycles. The van der Waals surface area contributed by atoms with Crippen LogP contribution in [0.5, 0.6) is 11.5 Å². The Labute approximate surface area is 234 Å². The van der Waals surface area contributed by atoms with Crippen molar-refractivity contribution in [3.8, 4) is 11.5 Å². The lowest BCUT2D eigenvalue weighted by molar-refractivity contribution is -0.120. The molecule has 7 nitrogen and oxygen atoms in total. The molecule has 4 aromatic carbocycles. The molecule has 9 heteroatoms. The van der Waals surface area contributed by atoms with Crippen molar-refractivity contribution in [3.05, 3.63) is 119 Å². The number of hydrogen-bond donors (Lipinski definition) is 1. The third kappa shape index (κ3) is 6.35. The maximum Gasteiger partial charge on any atom is 0.264 e. The zero-order valence-corrected chi connectivity index (χ0v) is 23.4. The van der Waals surface area contributed by atoms with E-state index in [9.17, 15) is 13.2 Å². The topological polar surface area (TPSA) is 84.9 Å². The first-order valence-electron chi connectivity index (χ1n) is 12.1. The van der Waals surface area contributed by atoms with Gasteiger partial charge in [0.15, 0.2) is 11.5 Å². The fourth-order valence-electron chi connectivity index (χ4n) is 4.26. The number of benzene rings is 4. The summed E-state index contributed by atoms with van der Waals surface area (Å²) >= 11 is 6.07. The number of carbonyl (C=O) groups excluding carboxylic acids is 1. The maximum atomic E-state index is 13.9. The van der Waals surface area contributed by atoms with Crippen molar-refractivity contribution in [2.24, 2.45) is 0 Å². The summed E-state index contributed by atoms with van der Waals surface area (Å²) < 4.78 is 39.5. The number of methoxy groups -OCH3 is 2. The monoisotopic (exact) mass is 564 g/mol. The fourth-order valence-corrected chi connectivity index (χ4v) is 5.82. The molecule has 0 bridgehead atoms. The first kappa shape index (κ1) is 28.0. The molecule has 0 aliphatic heterocycles. The Balaban J connectivity index is 1.72. The lowest BCUT2D eigenvalue weighted by Crippen LogP contribution is -2.42. The Morgan fingerprint density at radius 3 is 2.15 bits per heavy atom. The van der Waals surface area contributed by atoms with Gasteiger partial charge < -0.3 is 14.8 Å². The molecule has 1 amide bonds. The van der Waals surface area contributed by atoms with Crippen molar-refractivity contribution < 1.29 is 22.7 Å². The largest absolute Gasteiger partial charge is 0.493 e. The van der Waals surface area contributed by atoms with Gasteiger partial charge in [0.2, 0.25) is 5.91 Å². The number of nitrogens with one attached hydrogen (secondary N) is 1. The van der Waals surface area contributed by atoms with Gasteiger partial charge in [-0.15, -0.1) is 0 Å². The Hall–Kier alpha value is -4.01. The minimum absolute atomic E-state index is 0.0542. The third-order valence-electron chi connectivity index (χ3n) is 6.28. The Bertz CT molecular complexity index is 1540. The smallest absolute Gasteiger partial charge is 0.264 e. The molecule has 1 atom stereocenters. The SMILES string of the molecule is COc1ccc(S(=O)(=O)N(CC(=O)N[C@H](c2ccccc2)c2ccccc2C)c2ccc(Cl)cc2)cc1OC. The second-order valence-electron chi connectivity index (χ2n) is 8.77. The first-order chi connectivity index (χ1) is 18.7. The van der Waals surface area contributed by atoms with Gasteiger partial charge in [0.1, 0.15) is 6.54 Å². The normalized spacial score (nSPS) is 11.9. The lowest BCUT2D eigenvalue weighted by Gasteiger charge is -2.27.